The molecule has 0 saturated carbocycles. The van der Waals surface area contributed by atoms with Gasteiger partial charge >= 0.3 is 0 Å². The first-order chi connectivity index (χ1) is 34.0. The van der Waals surface area contributed by atoms with E-state index in [0.29, 0.717) is 36.4 Å². The molecule has 71 heavy (non-hydrogen) atoms. The molecule has 4 N–H and O–H groups in total. The largest absolute Gasteiger partial charge is 0.494 e. The van der Waals surface area contributed by atoms with Crippen molar-refractivity contribution in [3.8, 4) is 11.5 Å². The first kappa shape index (κ1) is 67.3. The van der Waals surface area contributed by atoms with Crippen molar-refractivity contribution >= 4 is 11.6 Å². The van der Waals surface area contributed by atoms with Gasteiger partial charge in [-0.25, -0.2) is 0 Å². The number of carbonyl (C=O) groups excluding carboxylic acids is 2. The molecular formula is C61H110N6O4. The van der Waals surface area contributed by atoms with E-state index in [1.54, 1.807) is 12.2 Å². The number of carbonyl (C=O) groups is 2. The lowest BCUT2D eigenvalue weighted by atomic mass is 10.1. The second-order valence-electron chi connectivity index (χ2n) is 19.6. The molecule has 2 aromatic rings. The van der Waals surface area contributed by atoms with Crippen LogP contribution in [-0.4, -0.2) is 112 Å². The predicted octanol–water partition coefficient (Wildman–Crippen LogP) is 13.8. The van der Waals surface area contributed by atoms with Crippen molar-refractivity contribution in [3.63, 3.8) is 0 Å². The summed E-state index contributed by atoms with van der Waals surface area (Å²) >= 11 is 0. The summed E-state index contributed by atoms with van der Waals surface area (Å²) in [7, 11) is 0. The van der Waals surface area contributed by atoms with Gasteiger partial charge in [0.15, 0.2) is 11.6 Å². The molecule has 2 aromatic carbocycles. The van der Waals surface area contributed by atoms with Gasteiger partial charge in [0.2, 0.25) is 0 Å². The maximum Gasteiger partial charge on any atom is 0.187 e. The molecule has 0 heterocycles. The van der Waals surface area contributed by atoms with Gasteiger partial charge in [-0.1, -0.05) is 115 Å². The number of hydrogen-bond acceptors (Lipinski definition) is 10. The molecule has 2 rings (SSSR count). The Hall–Kier alpha value is -3.70. The highest BCUT2D eigenvalue weighted by atomic mass is 16.5. The fraction of sp³-hybridized carbons (Fsp3) is 0.705. The molecule has 0 unspecified atom stereocenters. The van der Waals surface area contributed by atoms with Crippen LogP contribution in [0.2, 0.25) is 0 Å². The Bertz CT molecular complexity index is 1590. The van der Waals surface area contributed by atoms with Crippen LogP contribution in [-0.2, 0) is 0 Å². The maximum absolute atomic E-state index is 12.9. The number of nitrogens with one attached hydrogen (secondary N) is 4. The van der Waals surface area contributed by atoms with E-state index in [9.17, 15) is 9.59 Å². The third-order valence-electron chi connectivity index (χ3n) is 12.1. The second-order valence-corrected chi connectivity index (χ2v) is 19.6. The number of ether oxygens (including phenoxy) is 2. The lowest BCUT2D eigenvalue weighted by molar-refractivity contribution is 0.103. The van der Waals surface area contributed by atoms with Crippen molar-refractivity contribution < 1.29 is 19.1 Å². The average Bonchev–Trinajstić information content (AvgIpc) is 3.36. The fourth-order valence-corrected chi connectivity index (χ4v) is 7.70. The van der Waals surface area contributed by atoms with E-state index in [1.807, 2.05) is 48.5 Å². The van der Waals surface area contributed by atoms with Gasteiger partial charge in [0, 0.05) is 79.5 Å². The number of benzene rings is 2. The van der Waals surface area contributed by atoms with Crippen LogP contribution in [0.15, 0.2) is 72.1 Å². The Morgan fingerprint density at radius 2 is 0.789 bits per heavy atom. The summed E-state index contributed by atoms with van der Waals surface area (Å²) in [6.45, 7) is 34.0. The molecular weight excluding hydrogens is 881 g/mol. The smallest absolute Gasteiger partial charge is 0.187 e. The van der Waals surface area contributed by atoms with Crippen molar-refractivity contribution in [1.82, 2.24) is 31.1 Å². The predicted molar refractivity (Wildman–Crippen MR) is 308 cm³/mol. The number of rotatable bonds is 44. The highest BCUT2D eigenvalue weighted by molar-refractivity contribution is 6.05. The molecule has 0 spiro atoms. The third-order valence-corrected chi connectivity index (χ3v) is 12.1. The first-order valence-corrected chi connectivity index (χ1v) is 28.3. The van der Waals surface area contributed by atoms with Gasteiger partial charge in [0.05, 0.1) is 13.2 Å². The number of allylic oxidation sites excluding steroid dienone is 4. The Morgan fingerprint density at radius 1 is 0.451 bits per heavy atom. The van der Waals surface area contributed by atoms with Crippen LogP contribution in [0.5, 0.6) is 11.5 Å². The SMILES string of the molecule is C.CCCC/C(=C\C(=O)c1ccc(OCCCN(CCCC)CCCC)cc1)NCCCCNC(C)C.CCCC/C(=C\C(=O)c1ccc(OCCCN(CCCC)CCCC)cc1)NCCNC(C)C. The highest BCUT2D eigenvalue weighted by Crippen LogP contribution is 2.17. The Morgan fingerprint density at radius 3 is 1.15 bits per heavy atom. The van der Waals surface area contributed by atoms with Crippen molar-refractivity contribution in [2.75, 3.05) is 78.7 Å². The minimum absolute atomic E-state index is 0. The van der Waals surface area contributed by atoms with Gasteiger partial charge < -0.3 is 40.5 Å². The third kappa shape index (κ3) is 36.8. The molecule has 408 valence electrons. The van der Waals surface area contributed by atoms with Crippen LogP contribution < -0.4 is 30.7 Å². The molecule has 0 bridgehead atoms. The van der Waals surface area contributed by atoms with Crippen LogP contribution in [0, 0.1) is 0 Å². The van der Waals surface area contributed by atoms with Crippen LogP contribution in [0.1, 0.15) is 213 Å². The number of hydrogen-bond donors (Lipinski definition) is 4. The van der Waals surface area contributed by atoms with E-state index in [4.69, 9.17) is 9.47 Å². The average molecular weight is 992 g/mol. The van der Waals surface area contributed by atoms with E-state index < -0.39 is 0 Å². The zero-order valence-corrected chi connectivity index (χ0v) is 46.7. The summed E-state index contributed by atoms with van der Waals surface area (Å²) in [5.41, 5.74) is 3.49. The van der Waals surface area contributed by atoms with Gasteiger partial charge in [-0.2, -0.15) is 0 Å². The molecule has 0 fully saturated rings. The minimum Gasteiger partial charge on any atom is -0.494 e. The molecule has 0 radical (unpaired) electrons. The molecule has 0 aromatic heterocycles. The highest BCUT2D eigenvalue weighted by Gasteiger charge is 2.10. The molecule has 10 nitrogen and oxygen atoms in total. The Labute approximate surface area is 437 Å². The zero-order valence-electron chi connectivity index (χ0n) is 46.7. The summed E-state index contributed by atoms with van der Waals surface area (Å²) in [5.74, 6) is 1.77. The van der Waals surface area contributed by atoms with E-state index in [0.717, 1.165) is 126 Å². The standard InChI is InChI=1S/C31H55N3O2.C29H51N3O2.CH4/c1-6-9-15-29(33-21-13-12-20-32-27(4)5)26-31(35)28-16-18-30(19-17-28)36-25-14-24-34(22-10-7-2)23-11-8-3;1-6-9-13-27(31-19-18-30-25(4)5)24-29(33)26-14-16-28(17-15-26)34-23-12-22-32(20-10-7-2)21-11-8-3;/h16-19,26-27,32-33H,6-15,20-25H2,1-5H3;14-17,24-25,30-31H,6-13,18-23H2,1-5H3;1H4/b29-26+;27-24+;. The van der Waals surface area contributed by atoms with E-state index in [-0.39, 0.29) is 19.0 Å². The Balaban J connectivity index is 0.00000136. The van der Waals surface area contributed by atoms with Gasteiger partial charge in [-0.05, 0) is 158 Å². The van der Waals surface area contributed by atoms with Crippen LogP contribution in [0.3, 0.4) is 0 Å². The van der Waals surface area contributed by atoms with Crippen LogP contribution in [0.25, 0.3) is 0 Å². The van der Waals surface area contributed by atoms with Crippen LogP contribution >= 0.6 is 0 Å². The normalized spacial score (nSPS) is 11.7. The monoisotopic (exact) mass is 991 g/mol. The van der Waals surface area contributed by atoms with Crippen molar-refractivity contribution in [2.24, 2.45) is 0 Å². The maximum atomic E-state index is 12.9. The molecule has 0 aliphatic rings. The number of ketones is 2. The topological polar surface area (TPSA) is 107 Å². The van der Waals surface area contributed by atoms with E-state index >= 15 is 0 Å². The number of unbranched alkanes of at least 4 members (excludes halogenated alkanes) is 7. The summed E-state index contributed by atoms with van der Waals surface area (Å²) in [6, 6.07) is 16.2. The molecule has 0 atom stereocenters. The van der Waals surface area contributed by atoms with Crippen molar-refractivity contribution in [3.05, 3.63) is 83.2 Å². The molecule has 0 saturated heterocycles. The minimum atomic E-state index is 0. The number of nitrogens with zero attached hydrogens (tertiary/aromatic N) is 2. The summed E-state index contributed by atoms with van der Waals surface area (Å²) in [5, 5.41) is 13.8. The van der Waals surface area contributed by atoms with Crippen LogP contribution in [0.4, 0.5) is 0 Å². The van der Waals surface area contributed by atoms with Crippen molar-refractivity contribution in [2.45, 2.75) is 204 Å². The molecule has 0 aliphatic heterocycles. The van der Waals surface area contributed by atoms with E-state index in [1.165, 1.54) is 77.5 Å². The lowest BCUT2D eigenvalue weighted by Crippen LogP contribution is -2.31. The van der Waals surface area contributed by atoms with E-state index in [2.05, 4.69) is 100 Å². The zero-order chi connectivity index (χ0) is 51.5. The second kappa shape index (κ2) is 46.1. The molecule has 10 heteroatoms. The summed E-state index contributed by atoms with van der Waals surface area (Å²) < 4.78 is 11.9. The van der Waals surface area contributed by atoms with Gasteiger partial charge in [0.1, 0.15) is 11.5 Å². The summed E-state index contributed by atoms with van der Waals surface area (Å²) in [4.78, 5) is 30.8. The fourth-order valence-electron chi connectivity index (χ4n) is 7.70. The first-order valence-electron chi connectivity index (χ1n) is 28.3. The summed E-state index contributed by atoms with van der Waals surface area (Å²) in [6.07, 6.45) is 24.1. The lowest BCUT2D eigenvalue weighted by Gasteiger charge is -2.21. The van der Waals surface area contributed by atoms with Crippen molar-refractivity contribution in [1.29, 1.82) is 0 Å². The Kier molecular flexibility index (Phi) is 43.7. The van der Waals surface area contributed by atoms with Gasteiger partial charge in [-0.3, -0.25) is 9.59 Å². The van der Waals surface area contributed by atoms with Gasteiger partial charge in [0.25, 0.3) is 0 Å². The van der Waals surface area contributed by atoms with Gasteiger partial charge in [-0.15, -0.1) is 0 Å². The molecule has 0 amide bonds. The quantitative estimate of drug-likeness (QED) is 0.0291. The molecule has 0 aliphatic carbocycles.